The molecule has 156 valence electrons. The SMILES string of the molecule is Cc1nc(Nc2nc(C)c(C)s2)cc(C2CCCN(C(=O)/C=C/CN(C)C)C2)n1. The molecule has 1 unspecified atom stereocenters. The Morgan fingerprint density at radius 3 is 2.79 bits per heavy atom. The average Bonchev–Trinajstić information content (AvgIpc) is 2.98. The number of nitrogens with zero attached hydrogens (tertiary/aromatic N) is 5. The summed E-state index contributed by atoms with van der Waals surface area (Å²) in [5.41, 5.74) is 2.02. The zero-order chi connectivity index (χ0) is 21.0. The summed E-state index contributed by atoms with van der Waals surface area (Å²) in [4.78, 5) is 31.4. The van der Waals surface area contributed by atoms with Crippen LogP contribution in [0.2, 0.25) is 0 Å². The first-order valence-corrected chi connectivity index (χ1v) is 10.8. The number of anilines is 2. The molecule has 8 heteroatoms. The summed E-state index contributed by atoms with van der Waals surface area (Å²) in [6.07, 6.45) is 5.61. The number of piperidine rings is 1. The lowest BCUT2D eigenvalue weighted by atomic mass is 9.94. The lowest BCUT2D eigenvalue weighted by Gasteiger charge is -2.32. The maximum Gasteiger partial charge on any atom is 0.246 e. The van der Waals surface area contributed by atoms with Gasteiger partial charge < -0.3 is 15.1 Å². The minimum Gasteiger partial charge on any atom is -0.339 e. The van der Waals surface area contributed by atoms with Gasteiger partial charge in [0, 0.05) is 42.6 Å². The Kier molecular flexibility index (Phi) is 6.97. The zero-order valence-corrected chi connectivity index (χ0v) is 18.7. The van der Waals surface area contributed by atoms with Crippen molar-refractivity contribution in [1.82, 2.24) is 24.8 Å². The maximum absolute atomic E-state index is 12.5. The van der Waals surface area contributed by atoms with Crippen molar-refractivity contribution in [2.75, 3.05) is 39.0 Å². The molecule has 0 bridgehead atoms. The Labute approximate surface area is 176 Å². The highest BCUT2D eigenvalue weighted by molar-refractivity contribution is 7.15. The smallest absolute Gasteiger partial charge is 0.246 e. The minimum atomic E-state index is 0.0782. The molecule has 1 aliphatic heterocycles. The number of rotatable bonds is 6. The van der Waals surface area contributed by atoms with E-state index in [1.807, 2.05) is 49.9 Å². The van der Waals surface area contributed by atoms with Crippen molar-refractivity contribution in [3.8, 4) is 0 Å². The van der Waals surface area contributed by atoms with Gasteiger partial charge in [-0.1, -0.05) is 6.08 Å². The van der Waals surface area contributed by atoms with Crippen LogP contribution in [0.25, 0.3) is 0 Å². The molecule has 29 heavy (non-hydrogen) atoms. The Morgan fingerprint density at radius 1 is 1.31 bits per heavy atom. The van der Waals surface area contributed by atoms with Crippen LogP contribution in [0, 0.1) is 20.8 Å². The van der Waals surface area contributed by atoms with Crippen LogP contribution in [0.1, 0.15) is 40.8 Å². The maximum atomic E-state index is 12.5. The summed E-state index contributed by atoms with van der Waals surface area (Å²) in [5.74, 6) is 1.78. The van der Waals surface area contributed by atoms with Gasteiger partial charge in [0.25, 0.3) is 0 Å². The molecule has 0 radical (unpaired) electrons. The molecular formula is C21H30N6OS. The molecule has 2 aromatic rings. The summed E-state index contributed by atoms with van der Waals surface area (Å²) in [6, 6.07) is 2.00. The number of carbonyl (C=O) groups is 1. The van der Waals surface area contributed by atoms with E-state index in [9.17, 15) is 4.79 Å². The molecule has 1 atom stereocenters. The second kappa shape index (κ2) is 9.45. The van der Waals surface area contributed by atoms with Gasteiger partial charge in [-0.2, -0.15) is 0 Å². The fourth-order valence-corrected chi connectivity index (χ4v) is 4.21. The van der Waals surface area contributed by atoms with E-state index in [1.165, 1.54) is 4.88 Å². The molecule has 0 saturated carbocycles. The molecule has 1 fully saturated rings. The van der Waals surface area contributed by atoms with Crippen LogP contribution in [-0.4, -0.2) is 64.4 Å². The number of likely N-dealkylation sites (N-methyl/N-ethyl adjacent to an activating group) is 1. The van der Waals surface area contributed by atoms with E-state index >= 15 is 0 Å². The Morgan fingerprint density at radius 2 is 2.10 bits per heavy atom. The van der Waals surface area contributed by atoms with Crippen LogP contribution >= 0.6 is 11.3 Å². The molecule has 2 aromatic heterocycles. The van der Waals surface area contributed by atoms with E-state index in [0.29, 0.717) is 6.54 Å². The van der Waals surface area contributed by atoms with Crippen LogP contribution < -0.4 is 5.32 Å². The molecule has 0 spiro atoms. The van der Waals surface area contributed by atoms with Crippen molar-refractivity contribution in [3.63, 3.8) is 0 Å². The van der Waals surface area contributed by atoms with Gasteiger partial charge >= 0.3 is 0 Å². The number of nitrogens with one attached hydrogen (secondary N) is 1. The number of aromatic nitrogens is 3. The van der Waals surface area contributed by atoms with E-state index in [2.05, 4.69) is 27.2 Å². The van der Waals surface area contributed by atoms with Gasteiger partial charge in [-0.3, -0.25) is 4.79 Å². The van der Waals surface area contributed by atoms with Crippen molar-refractivity contribution >= 4 is 28.2 Å². The van der Waals surface area contributed by atoms with Crippen molar-refractivity contribution in [1.29, 1.82) is 0 Å². The van der Waals surface area contributed by atoms with Gasteiger partial charge in [-0.25, -0.2) is 15.0 Å². The molecule has 1 saturated heterocycles. The summed E-state index contributed by atoms with van der Waals surface area (Å²) in [6.45, 7) is 8.23. The Balaban J connectivity index is 1.71. The van der Waals surface area contributed by atoms with Crippen LogP contribution in [0.4, 0.5) is 10.9 Å². The van der Waals surface area contributed by atoms with E-state index < -0.39 is 0 Å². The number of hydrogen-bond acceptors (Lipinski definition) is 7. The predicted octanol–water partition coefficient (Wildman–Crippen LogP) is 3.43. The molecular weight excluding hydrogens is 384 g/mol. The number of likely N-dealkylation sites (tertiary alicyclic amines) is 1. The monoisotopic (exact) mass is 414 g/mol. The van der Waals surface area contributed by atoms with E-state index in [4.69, 9.17) is 0 Å². The van der Waals surface area contributed by atoms with Crippen molar-refractivity contribution < 1.29 is 4.79 Å². The first-order chi connectivity index (χ1) is 13.8. The standard InChI is InChI=1S/C21H30N6OS/c1-14-15(2)29-21(22-14)25-19-12-18(23-16(3)24-19)17-8-6-11-27(13-17)20(28)9-7-10-26(4)5/h7,9,12,17H,6,8,10-11,13H2,1-5H3,(H,22,23,24,25)/b9-7+. The number of aryl methyl sites for hydroxylation is 3. The molecule has 7 nitrogen and oxygen atoms in total. The third kappa shape index (κ3) is 5.83. The first kappa shape index (κ1) is 21.4. The molecule has 1 N–H and O–H groups in total. The molecule has 0 aromatic carbocycles. The molecule has 3 heterocycles. The molecule has 0 aliphatic carbocycles. The van der Waals surface area contributed by atoms with Crippen molar-refractivity contribution in [3.05, 3.63) is 40.3 Å². The average molecular weight is 415 g/mol. The number of carbonyl (C=O) groups excluding carboxylic acids is 1. The van der Waals surface area contributed by atoms with Gasteiger partial charge in [0.1, 0.15) is 11.6 Å². The topological polar surface area (TPSA) is 74.2 Å². The lowest BCUT2D eigenvalue weighted by Crippen LogP contribution is -2.38. The van der Waals surface area contributed by atoms with Gasteiger partial charge in [-0.15, -0.1) is 11.3 Å². The largest absolute Gasteiger partial charge is 0.339 e. The summed E-state index contributed by atoms with van der Waals surface area (Å²) in [7, 11) is 3.98. The molecule has 3 rings (SSSR count). The van der Waals surface area contributed by atoms with Crippen molar-refractivity contribution in [2.45, 2.75) is 39.5 Å². The number of hydrogen-bond donors (Lipinski definition) is 1. The van der Waals surface area contributed by atoms with Crippen LogP contribution in [-0.2, 0) is 4.79 Å². The van der Waals surface area contributed by atoms with Crippen LogP contribution in [0.5, 0.6) is 0 Å². The predicted molar refractivity (Wildman–Crippen MR) is 118 cm³/mol. The molecule has 1 aliphatic rings. The normalized spacial score (nSPS) is 17.3. The summed E-state index contributed by atoms with van der Waals surface area (Å²) < 4.78 is 0. The highest BCUT2D eigenvalue weighted by atomic mass is 32.1. The Hall–Kier alpha value is -2.32. The fraction of sp³-hybridized carbons (Fsp3) is 0.524. The molecule has 1 amide bonds. The van der Waals surface area contributed by atoms with E-state index in [-0.39, 0.29) is 11.8 Å². The number of thiazole rings is 1. The summed E-state index contributed by atoms with van der Waals surface area (Å²) >= 11 is 1.62. The van der Waals surface area contributed by atoms with Gasteiger partial charge in [0.05, 0.1) is 11.4 Å². The Bertz CT molecular complexity index is 872. The third-order valence-electron chi connectivity index (χ3n) is 5.00. The quantitative estimate of drug-likeness (QED) is 0.730. The van der Waals surface area contributed by atoms with Gasteiger partial charge in [-0.05, 0) is 47.7 Å². The van der Waals surface area contributed by atoms with E-state index in [0.717, 1.165) is 54.1 Å². The highest BCUT2D eigenvalue weighted by Crippen LogP contribution is 2.29. The lowest BCUT2D eigenvalue weighted by molar-refractivity contribution is -0.127. The van der Waals surface area contributed by atoms with Crippen LogP contribution in [0.15, 0.2) is 18.2 Å². The van der Waals surface area contributed by atoms with Gasteiger partial charge in [0.15, 0.2) is 5.13 Å². The highest BCUT2D eigenvalue weighted by Gasteiger charge is 2.25. The second-order valence-electron chi connectivity index (χ2n) is 7.80. The zero-order valence-electron chi connectivity index (χ0n) is 17.9. The summed E-state index contributed by atoms with van der Waals surface area (Å²) in [5, 5.41) is 4.16. The van der Waals surface area contributed by atoms with Crippen molar-refractivity contribution in [2.24, 2.45) is 0 Å². The second-order valence-corrected chi connectivity index (χ2v) is 9.00. The van der Waals surface area contributed by atoms with Gasteiger partial charge in [0.2, 0.25) is 5.91 Å². The number of amides is 1. The first-order valence-electron chi connectivity index (χ1n) is 9.98. The third-order valence-corrected chi connectivity index (χ3v) is 5.99. The fourth-order valence-electron chi connectivity index (χ4n) is 3.39. The minimum absolute atomic E-state index is 0.0782. The van der Waals surface area contributed by atoms with E-state index in [1.54, 1.807) is 17.4 Å². The van der Waals surface area contributed by atoms with Crippen LogP contribution in [0.3, 0.4) is 0 Å².